The Bertz CT molecular complexity index is 474. The summed E-state index contributed by atoms with van der Waals surface area (Å²) < 4.78 is 5.36. The maximum Gasteiger partial charge on any atom is 0.125 e. The molecule has 0 radical (unpaired) electrons. The smallest absolute Gasteiger partial charge is 0.125 e. The third-order valence-electron chi connectivity index (χ3n) is 4.66. The van der Waals surface area contributed by atoms with Gasteiger partial charge in [-0.2, -0.15) is 0 Å². The lowest BCUT2D eigenvalue weighted by molar-refractivity contribution is -0.0824. The average Bonchev–Trinajstić information content (AvgIpc) is 2.48. The van der Waals surface area contributed by atoms with Gasteiger partial charge in [-0.3, -0.25) is 4.90 Å². The highest BCUT2D eigenvalue weighted by Crippen LogP contribution is 2.28. The average molecular weight is 291 g/mol. The minimum atomic E-state index is -0.568. The van der Waals surface area contributed by atoms with E-state index >= 15 is 0 Å². The molecule has 116 valence electrons. The van der Waals surface area contributed by atoms with Crippen molar-refractivity contribution >= 4 is 0 Å². The Balaban J connectivity index is 1.63. The molecular formula is C16H25N3O2. The molecule has 2 fully saturated rings. The molecule has 2 aliphatic heterocycles. The Morgan fingerprint density at radius 3 is 3.00 bits per heavy atom. The Morgan fingerprint density at radius 2 is 2.24 bits per heavy atom. The topological polar surface area (TPSA) is 58.5 Å². The summed E-state index contributed by atoms with van der Waals surface area (Å²) in [4.78, 5) is 11.2. The number of ether oxygens (including phenoxy) is 1. The van der Waals surface area contributed by atoms with Crippen LogP contribution in [0.4, 0.5) is 0 Å². The number of hydrogen-bond acceptors (Lipinski definition) is 5. The third kappa shape index (κ3) is 3.78. The van der Waals surface area contributed by atoms with Crippen LogP contribution < -0.4 is 0 Å². The fraction of sp³-hybridized carbons (Fsp3) is 0.750. The van der Waals surface area contributed by atoms with E-state index < -0.39 is 5.60 Å². The summed E-state index contributed by atoms with van der Waals surface area (Å²) in [6, 6.07) is 2.03. The van der Waals surface area contributed by atoms with Crippen molar-refractivity contribution in [3.63, 3.8) is 0 Å². The van der Waals surface area contributed by atoms with Gasteiger partial charge >= 0.3 is 0 Å². The zero-order valence-corrected chi connectivity index (χ0v) is 12.8. The molecular weight excluding hydrogens is 266 g/mol. The molecule has 1 atom stereocenters. The largest absolute Gasteiger partial charge is 0.388 e. The summed E-state index contributed by atoms with van der Waals surface area (Å²) >= 11 is 0. The van der Waals surface area contributed by atoms with Crippen molar-refractivity contribution < 1.29 is 9.84 Å². The molecule has 3 rings (SSSR count). The van der Waals surface area contributed by atoms with Gasteiger partial charge in [0.1, 0.15) is 5.82 Å². The summed E-state index contributed by atoms with van der Waals surface area (Å²) in [5.74, 6) is 1.30. The number of piperidine rings is 1. The molecule has 2 saturated heterocycles. The minimum Gasteiger partial charge on any atom is -0.388 e. The fourth-order valence-corrected chi connectivity index (χ4v) is 3.47. The second-order valence-corrected chi connectivity index (χ2v) is 6.44. The number of likely N-dealkylation sites (tertiary alicyclic amines) is 1. The molecule has 3 heterocycles. The van der Waals surface area contributed by atoms with Crippen molar-refractivity contribution in [2.45, 2.75) is 44.1 Å². The van der Waals surface area contributed by atoms with Gasteiger partial charge in [-0.1, -0.05) is 0 Å². The standard InChI is InChI=1S/C16H25N3O2/c1-13-17-7-4-15(18-13)14-3-2-8-19(11-14)12-16(20)5-9-21-10-6-16/h4,7,14,20H,2-3,5-6,8-12H2,1H3/t14-/m0/s1. The van der Waals surface area contributed by atoms with Crippen molar-refractivity contribution in [3.05, 3.63) is 23.8 Å². The van der Waals surface area contributed by atoms with E-state index in [1.165, 1.54) is 12.8 Å². The third-order valence-corrected chi connectivity index (χ3v) is 4.66. The predicted octanol–water partition coefficient (Wildman–Crippen LogP) is 1.51. The van der Waals surface area contributed by atoms with E-state index in [2.05, 4.69) is 14.9 Å². The molecule has 0 amide bonds. The molecule has 0 aliphatic carbocycles. The first-order valence-corrected chi connectivity index (χ1v) is 7.97. The SMILES string of the molecule is Cc1nccc([C@H]2CCCN(CC3(O)CCOCC3)C2)n1. The van der Waals surface area contributed by atoms with Crippen molar-refractivity contribution in [2.75, 3.05) is 32.8 Å². The zero-order chi connectivity index (χ0) is 14.7. The lowest BCUT2D eigenvalue weighted by Gasteiger charge is -2.40. The van der Waals surface area contributed by atoms with E-state index in [9.17, 15) is 5.11 Å². The highest BCUT2D eigenvalue weighted by molar-refractivity contribution is 5.10. The summed E-state index contributed by atoms with van der Waals surface area (Å²) in [5.41, 5.74) is 0.577. The van der Waals surface area contributed by atoms with Gasteiger partial charge < -0.3 is 9.84 Å². The van der Waals surface area contributed by atoms with Gasteiger partial charge in [0.15, 0.2) is 0 Å². The van der Waals surface area contributed by atoms with Crippen LogP contribution in [0, 0.1) is 6.92 Å². The van der Waals surface area contributed by atoms with Crippen molar-refractivity contribution in [1.29, 1.82) is 0 Å². The molecule has 0 bridgehead atoms. The van der Waals surface area contributed by atoms with Gasteiger partial charge in [0.2, 0.25) is 0 Å². The van der Waals surface area contributed by atoms with Gasteiger partial charge in [0.25, 0.3) is 0 Å². The Morgan fingerprint density at radius 1 is 1.43 bits per heavy atom. The number of hydrogen-bond donors (Lipinski definition) is 1. The quantitative estimate of drug-likeness (QED) is 0.914. The Hall–Kier alpha value is -1.04. The number of rotatable bonds is 3. The fourth-order valence-electron chi connectivity index (χ4n) is 3.47. The molecule has 0 unspecified atom stereocenters. The Kier molecular flexibility index (Phi) is 4.52. The van der Waals surface area contributed by atoms with Crippen LogP contribution in [0.5, 0.6) is 0 Å². The molecule has 1 aromatic rings. The normalized spacial score (nSPS) is 26.7. The highest BCUT2D eigenvalue weighted by Gasteiger charge is 2.34. The van der Waals surface area contributed by atoms with Crippen molar-refractivity contribution in [2.24, 2.45) is 0 Å². The lowest BCUT2D eigenvalue weighted by atomic mass is 9.90. The first kappa shape index (κ1) is 14.9. The number of aromatic nitrogens is 2. The predicted molar refractivity (Wildman–Crippen MR) is 80.2 cm³/mol. The van der Waals surface area contributed by atoms with Crippen molar-refractivity contribution in [1.82, 2.24) is 14.9 Å². The minimum absolute atomic E-state index is 0.462. The second kappa shape index (κ2) is 6.38. The number of nitrogens with zero attached hydrogens (tertiary/aromatic N) is 3. The molecule has 5 heteroatoms. The van der Waals surface area contributed by atoms with Crippen LogP contribution in [0.15, 0.2) is 12.3 Å². The molecule has 2 aliphatic rings. The number of aryl methyl sites for hydroxylation is 1. The van der Waals surface area contributed by atoms with E-state index in [1.807, 2.05) is 19.2 Å². The first-order chi connectivity index (χ1) is 10.1. The highest BCUT2D eigenvalue weighted by atomic mass is 16.5. The first-order valence-electron chi connectivity index (χ1n) is 7.97. The summed E-state index contributed by atoms with van der Waals surface area (Å²) in [6.45, 7) is 6.12. The van der Waals surface area contributed by atoms with Gasteiger partial charge in [0, 0.05) is 57.0 Å². The van der Waals surface area contributed by atoms with Gasteiger partial charge in [-0.25, -0.2) is 9.97 Å². The van der Waals surface area contributed by atoms with E-state index in [4.69, 9.17) is 4.74 Å². The maximum atomic E-state index is 10.7. The van der Waals surface area contributed by atoms with Crippen LogP contribution in [-0.2, 0) is 4.74 Å². The van der Waals surface area contributed by atoms with E-state index in [-0.39, 0.29) is 0 Å². The van der Waals surface area contributed by atoms with Gasteiger partial charge in [-0.05, 0) is 32.4 Å². The molecule has 1 N–H and O–H groups in total. The number of aliphatic hydroxyl groups is 1. The molecule has 0 aromatic carbocycles. The van der Waals surface area contributed by atoms with Crippen molar-refractivity contribution in [3.8, 4) is 0 Å². The van der Waals surface area contributed by atoms with Crippen LogP contribution in [-0.4, -0.2) is 58.4 Å². The van der Waals surface area contributed by atoms with E-state index in [1.54, 1.807) is 0 Å². The molecule has 5 nitrogen and oxygen atoms in total. The Labute approximate surface area is 126 Å². The van der Waals surface area contributed by atoms with Crippen LogP contribution >= 0.6 is 0 Å². The van der Waals surface area contributed by atoms with Gasteiger partial charge in [-0.15, -0.1) is 0 Å². The molecule has 1 aromatic heterocycles. The maximum absolute atomic E-state index is 10.7. The second-order valence-electron chi connectivity index (χ2n) is 6.44. The molecule has 0 spiro atoms. The van der Waals surface area contributed by atoms with Crippen LogP contribution in [0.25, 0.3) is 0 Å². The van der Waals surface area contributed by atoms with E-state index in [0.29, 0.717) is 19.1 Å². The summed E-state index contributed by atoms with van der Waals surface area (Å²) in [6.07, 6.45) is 5.69. The van der Waals surface area contributed by atoms with Crippen LogP contribution in [0.1, 0.15) is 43.1 Å². The lowest BCUT2D eigenvalue weighted by Crippen LogP contribution is -2.49. The van der Waals surface area contributed by atoms with Gasteiger partial charge in [0.05, 0.1) is 5.60 Å². The summed E-state index contributed by atoms with van der Waals surface area (Å²) in [5, 5.41) is 10.7. The van der Waals surface area contributed by atoms with Crippen LogP contribution in [0.2, 0.25) is 0 Å². The zero-order valence-electron chi connectivity index (χ0n) is 12.8. The van der Waals surface area contributed by atoms with E-state index in [0.717, 1.165) is 44.0 Å². The number of β-amino-alcohol motifs (C(OH)–C–C–N with tert-alkyl or cyclic N) is 1. The molecule has 21 heavy (non-hydrogen) atoms. The molecule has 0 saturated carbocycles. The monoisotopic (exact) mass is 291 g/mol. The summed E-state index contributed by atoms with van der Waals surface area (Å²) in [7, 11) is 0. The van der Waals surface area contributed by atoms with Crippen LogP contribution in [0.3, 0.4) is 0 Å².